The van der Waals surface area contributed by atoms with Crippen LogP contribution in [0.3, 0.4) is 0 Å². The van der Waals surface area contributed by atoms with E-state index in [1.54, 1.807) is 0 Å². The number of nitrogens with two attached hydrogens (primary N) is 1. The molecule has 2 bridgehead atoms. The van der Waals surface area contributed by atoms with Crippen molar-refractivity contribution in [2.75, 3.05) is 19.3 Å². The van der Waals surface area contributed by atoms with Crippen LogP contribution in [0.25, 0.3) is 0 Å². The Labute approximate surface area is 120 Å². The Morgan fingerprint density at radius 2 is 2.16 bits per heavy atom. The minimum Gasteiger partial charge on any atom is -0.399 e. The van der Waals surface area contributed by atoms with E-state index >= 15 is 0 Å². The fourth-order valence-electron chi connectivity index (χ4n) is 4.05. The number of hydrogen-bond acceptors (Lipinski definition) is 2. The first-order chi connectivity index (χ1) is 9.11. The van der Waals surface area contributed by atoms with Crippen LogP contribution in [0.2, 0.25) is 5.02 Å². The lowest BCUT2D eigenvalue weighted by molar-refractivity contribution is 0.214. The van der Waals surface area contributed by atoms with Gasteiger partial charge >= 0.3 is 0 Å². The second-order valence-electron chi connectivity index (χ2n) is 6.48. The molecule has 0 amide bonds. The molecule has 2 N–H and O–H groups in total. The van der Waals surface area contributed by atoms with Crippen LogP contribution < -0.4 is 5.73 Å². The van der Waals surface area contributed by atoms with E-state index < -0.39 is 0 Å². The second kappa shape index (κ2) is 5.34. The molecule has 2 saturated carbocycles. The number of benzene rings is 1. The number of nitrogen functional groups attached to an aromatic ring is 1. The fraction of sp³-hybridized carbons (Fsp3) is 0.625. The van der Waals surface area contributed by atoms with E-state index in [1.165, 1.54) is 37.8 Å². The van der Waals surface area contributed by atoms with Gasteiger partial charge in [0.15, 0.2) is 0 Å². The molecule has 1 aromatic carbocycles. The fourth-order valence-corrected chi connectivity index (χ4v) is 4.30. The molecule has 3 unspecified atom stereocenters. The predicted molar refractivity (Wildman–Crippen MR) is 81.1 cm³/mol. The van der Waals surface area contributed by atoms with Gasteiger partial charge in [-0.15, -0.1) is 0 Å². The SMILES string of the molecule is CN(Cc1ccc(N)cc1Cl)CC1CC2CCC1C2. The van der Waals surface area contributed by atoms with E-state index in [0.29, 0.717) is 0 Å². The Morgan fingerprint density at radius 3 is 2.79 bits per heavy atom. The summed E-state index contributed by atoms with van der Waals surface area (Å²) in [5, 5.41) is 0.791. The first kappa shape index (κ1) is 13.3. The Balaban J connectivity index is 1.57. The molecule has 0 saturated heterocycles. The quantitative estimate of drug-likeness (QED) is 0.849. The van der Waals surface area contributed by atoms with Crippen LogP contribution >= 0.6 is 11.6 Å². The third-order valence-corrected chi connectivity index (χ3v) is 5.30. The predicted octanol–water partition coefficient (Wildman–Crippen LogP) is 3.79. The normalized spacial score (nSPS) is 29.3. The summed E-state index contributed by atoms with van der Waals surface area (Å²) < 4.78 is 0. The summed E-state index contributed by atoms with van der Waals surface area (Å²) >= 11 is 6.25. The number of rotatable bonds is 4. The average Bonchev–Trinajstić information content (AvgIpc) is 2.95. The molecule has 2 fully saturated rings. The zero-order chi connectivity index (χ0) is 13.4. The van der Waals surface area contributed by atoms with Crippen LogP contribution in [0.4, 0.5) is 5.69 Å². The number of hydrogen-bond donors (Lipinski definition) is 1. The van der Waals surface area contributed by atoms with Gasteiger partial charge in [-0.3, -0.25) is 0 Å². The third-order valence-electron chi connectivity index (χ3n) is 4.95. The van der Waals surface area contributed by atoms with Crippen LogP contribution in [-0.2, 0) is 6.54 Å². The van der Waals surface area contributed by atoms with Gasteiger partial charge in [0.1, 0.15) is 0 Å². The molecule has 104 valence electrons. The molecule has 0 spiro atoms. The maximum absolute atomic E-state index is 6.25. The lowest BCUT2D eigenvalue weighted by atomic mass is 9.88. The molecule has 19 heavy (non-hydrogen) atoms. The molecular weight excluding hydrogens is 256 g/mol. The van der Waals surface area contributed by atoms with Crippen LogP contribution in [0.5, 0.6) is 0 Å². The second-order valence-corrected chi connectivity index (χ2v) is 6.89. The van der Waals surface area contributed by atoms with Crippen molar-refractivity contribution in [1.29, 1.82) is 0 Å². The van der Waals surface area contributed by atoms with Crippen LogP contribution in [0, 0.1) is 17.8 Å². The Hall–Kier alpha value is -0.730. The van der Waals surface area contributed by atoms with Crippen molar-refractivity contribution in [1.82, 2.24) is 4.90 Å². The first-order valence-corrected chi connectivity index (χ1v) is 7.72. The van der Waals surface area contributed by atoms with Gasteiger partial charge < -0.3 is 10.6 Å². The number of anilines is 1. The van der Waals surface area contributed by atoms with E-state index in [1.807, 2.05) is 12.1 Å². The van der Waals surface area contributed by atoms with Crippen molar-refractivity contribution in [3.8, 4) is 0 Å². The largest absolute Gasteiger partial charge is 0.399 e. The summed E-state index contributed by atoms with van der Waals surface area (Å²) in [5.41, 5.74) is 7.66. The molecule has 3 rings (SSSR count). The van der Waals surface area contributed by atoms with E-state index in [2.05, 4.69) is 18.0 Å². The molecule has 0 radical (unpaired) electrons. The summed E-state index contributed by atoms with van der Waals surface area (Å²) in [6, 6.07) is 5.84. The molecule has 2 aliphatic carbocycles. The van der Waals surface area contributed by atoms with Gasteiger partial charge in [-0.2, -0.15) is 0 Å². The van der Waals surface area contributed by atoms with Gasteiger partial charge in [0.05, 0.1) is 0 Å². The van der Waals surface area contributed by atoms with Gasteiger partial charge in [-0.25, -0.2) is 0 Å². The Bertz CT molecular complexity index is 460. The summed E-state index contributed by atoms with van der Waals surface area (Å²) in [5.74, 6) is 2.94. The molecule has 0 aliphatic heterocycles. The van der Waals surface area contributed by atoms with E-state index in [-0.39, 0.29) is 0 Å². The smallest absolute Gasteiger partial charge is 0.0471 e. The van der Waals surface area contributed by atoms with E-state index in [0.717, 1.165) is 35.0 Å². The maximum atomic E-state index is 6.25. The molecule has 0 heterocycles. The van der Waals surface area contributed by atoms with E-state index in [9.17, 15) is 0 Å². The molecule has 2 aliphatic rings. The van der Waals surface area contributed by atoms with Gasteiger partial charge in [-0.1, -0.05) is 24.1 Å². The first-order valence-electron chi connectivity index (χ1n) is 7.34. The monoisotopic (exact) mass is 278 g/mol. The van der Waals surface area contributed by atoms with Crippen molar-refractivity contribution >= 4 is 17.3 Å². The summed E-state index contributed by atoms with van der Waals surface area (Å²) in [7, 11) is 2.21. The lowest BCUT2D eigenvalue weighted by Crippen LogP contribution is -2.28. The average molecular weight is 279 g/mol. The topological polar surface area (TPSA) is 29.3 Å². The van der Waals surface area contributed by atoms with E-state index in [4.69, 9.17) is 17.3 Å². The van der Waals surface area contributed by atoms with Crippen LogP contribution in [-0.4, -0.2) is 18.5 Å². The van der Waals surface area contributed by atoms with Gasteiger partial charge in [-0.05, 0) is 61.8 Å². The van der Waals surface area contributed by atoms with Gasteiger partial charge in [0.2, 0.25) is 0 Å². The maximum Gasteiger partial charge on any atom is 0.0471 e. The zero-order valence-corrected chi connectivity index (χ0v) is 12.4. The highest BCUT2D eigenvalue weighted by Crippen LogP contribution is 2.48. The minimum atomic E-state index is 0.740. The van der Waals surface area contributed by atoms with Crippen molar-refractivity contribution in [2.24, 2.45) is 17.8 Å². The number of nitrogens with zero attached hydrogens (tertiary/aromatic N) is 1. The van der Waals surface area contributed by atoms with Gasteiger partial charge in [0, 0.05) is 23.8 Å². The summed E-state index contributed by atoms with van der Waals surface area (Å²) in [6.45, 7) is 2.13. The number of halogens is 1. The molecular formula is C16H23ClN2. The van der Waals surface area contributed by atoms with Crippen molar-refractivity contribution in [3.63, 3.8) is 0 Å². The molecule has 3 heteroatoms. The van der Waals surface area contributed by atoms with Crippen molar-refractivity contribution in [3.05, 3.63) is 28.8 Å². The Morgan fingerprint density at radius 1 is 1.32 bits per heavy atom. The van der Waals surface area contributed by atoms with Gasteiger partial charge in [0.25, 0.3) is 0 Å². The molecule has 1 aromatic rings. The zero-order valence-electron chi connectivity index (χ0n) is 11.6. The molecule has 3 atom stereocenters. The van der Waals surface area contributed by atoms with Crippen molar-refractivity contribution in [2.45, 2.75) is 32.2 Å². The highest BCUT2D eigenvalue weighted by Gasteiger charge is 2.39. The lowest BCUT2D eigenvalue weighted by Gasteiger charge is -2.27. The van der Waals surface area contributed by atoms with Crippen molar-refractivity contribution < 1.29 is 0 Å². The highest BCUT2D eigenvalue weighted by atomic mass is 35.5. The third kappa shape index (κ3) is 2.90. The highest BCUT2D eigenvalue weighted by molar-refractivity contribution is 6.31. The Kier molecular flexibility index (Phi) is 3.72. The summed E-state index contributed by atoms with van der Waals surface area (Å²) in [4.78, 5) is 2.42. The minimum absolute atomic E-state index is 0.740. The molecule has 0 aromatic heterocycles. The summed E-state index contributed by atoms with van der Waals surface area (Å²) in [6.07, 6.45) is 5.88. The van der Waals surface area contributed by atoms with Crippen LogP contribution in [0.15, 0.2) is 18.2 Å². The standard InChI is InChI=1S/C16H23ClN2/c1-19(9-13-4-5-15(18)8-16(13)17)10-14-7-11-2-3-12(14)6-11/h4-5,8,11-12,14H,2-3,6-7,9-10,18H2,1H3. The number of fused-ring (bicyclic) bond motifs is 2. The van der Waals surface area contributed by atoms with Crippen LogP contribution in [0.1, 0.15) is 31.2 Å². The molecule has 2 nitrogen and oxygen atoms in total.